The summed E-state index contributed by atoms with van der Waals surface area (Å²) in [6, 6.07) is 0. The summed E-state index contributed by atoms with van der Waals surface area (Å²) in [6.45, 7) is 0.716. The van der Waals surface area contributed by atoms with Crippen molar-refractivity contribution in [3.8, 4) is 0 Å². The van der Waals surface area contributed by atoms with Crippen LogP contribution in [0.4, 0.5) is 0 Å². The number of fused-ring (bicyclic) bond motifs is 1. The molecule has 1 aliphatic heterocycles. The molecule has 0 aromatic carbocycles. The second-order valence-corrected chi connectivity index (χ2v) is 4.01. The van der Waals surface area contributed by atoms with Crippen LogP contribution in [-0.2, 0) is 4.74 Å². The second-order valence-electron chi connectivity index (χ2n) is 4.01. The molecule has 0 bridgehead atoms. The van der Waals surface area contributed by atoms with Gasteiger partial charge in [-0.1, -0.05) is 0 Å². The SMILES string of the molecule is O=Cc1nc2cncnc2n1C1CCCCO1. The van der Waals surface area contributed by atoms with Gasteiger partial charge in [-0.25, -0.2) is 15.0 Å². The lowest BCUT2D eigenvalue weighted by molar-refractivity contribution is -0.0306. The molecule has 1 unspecified atom stereocenters. The number of hydrogen-bond acceptors (Lipinski definition) is 5. The van der Waals surface area contributed by atoms with Gasteiger partial charge in [-0.3, -0.25) is 9.36 Å². The van der Waals surface area contributed by atoms with Crippen molar-refractivity contribution in [1.29, 1.82) is 0 Å². The molecule has 1 fully saturated rings. The summed E-state index contributed by atoms with van der Waals surface area (Å²) in [7, 11) is 0. The molecule has 0 saturated carbocycles. The summed E-state index contributed by atoms with van der Waals surface area (Å²) in [5, 5.41) is 0. The van der Waals surface area contributed by atoms with Crippen molar-refractivity contribution >= 4 is 17.5 Å². The minimum atomic E-state index is -0.135. The molecule has 3 heterocycles. The fourth-order valence-electron chi connectivity index (χ4n) is 2.16. The number of carbonyl (C=O) groups is 1. The first-order valence-electron chi connectivity index (χ1n) is 5.65. The Bertz CT molecular complexity index is 545. The lowest BCUT2D eigenvalue weighted by Gasteiger charge is -2.24. The summed E-state index contributed by atoms with van der Waals surface area (Å²) in [5.41, 5.74) is 1.29. The van der Waals surface area contributed by atoms with Crippen LogP contribution in [0.3, 0.4) is 0 Å². The van der Waals surface area contributed by atoms with Crippen LogP contribution < -0.4 is 0 Å². The molecule has 0 spiro atoms. The van der Waals surface area contributed by atoms with Crippen LogP contribution in [0.25, 0.3) is 11.2 Å². The molecule has 1 atom stereocenters. The van der Waals surface area contributed by atoms with Crippen LogP contribution in [0.15, 0.2) is 12.5 Å². The molecular formula is C11H12N4O2. The molecule has 0 aliphatic carbocycles. The molecular weight excluding hydrogens is 220 g/mol. The molecule has 2 aromatic heterocycles. The van der Waals surface area contributed by atoms with E-state index in [-0.39, 0.29) is 6.23 Å². The minimum absolute atomic E-state index is 0.135. The van der Waals surface area contributed by atoms with Crippen molar-refractivity contribution in [1.82, 2.24) is 19.5 Å². The fraction of sp³-hybridized carbons (Fsp3) is 0.455. The third kappa shape index (κ3) is 1.70. The van der Waals surface area contributed by atoms with Gasteiger partial charge in [0.25, 0.3) is 0 Å². The van der Waals surface area contributed by atoms with Gasteiger partial charge in [0, 0.05) is 6.61 Å². The molecule has 17 heavy (non-hydrogen) atoms. The average Bonchev–Trinajstić information content (AvgIpc) is 2.78. The standard InChI is InChI=1S/C11H12N4O2/c16-6-9-14-8-5-12-7-13-11(8)15(9)10-3-1-2-4-17-10/h5-7,10H,1-4H2. The van der Waals surface area contributed by atoms with E-state index in [9.17, 15) is 4.79 Å². The first-order chi connectivity index (χ1) is 8.40. The molecule has 1 aliphatic rings. The number of carbonyl (C=O) groups excluding carboxylic acids is 1. The topological polar surface area (TPSA) is 69.9 Å². The van der Waals surface area contributed by atoms with E-state index in [0.717, 1.165) is 25.5 Å². The Hall–Kier alpha value is -1.82. The van der Waals surface area contributed by atoms with Crippen LogP contribution >= 0.6 is 0 Å². The highest BCUT2D eigenvalue weighted by Gasteiger charge is 2.22. The summed E-state index contributed by atoms with van der Waals surface area (Å²) in [5.74, 6) is 0.354. The zero-order valence-electron chi connectivity index (χ0n) is 9.24. The van der Waals surface area contributed by atoms with Gasteiger partial charge < -0.3 is 4.74 Å². The maximum Gasteiger partial charge on any atom is 0.185 e. The Labute approximate surface area is 97.7 Å². The summed E-state index contributed by atoms with van der Waals surface area (Å²) in [6.07, 6.45) is 6.70. The predicted molar refractivity (Wildman–Crippen MR) is 59.6 cm³/mol. The zero-order chi connectivity index (χ0) is 11.7. The highest BCUT2D eigenvalue weighted by atomic mass is 16.5. The molecule has 0 N–H and O–H groups in total. The Morgan fingerprint density at radius 1 is 1.47 bits per heavy atom. The highest BCUT2D eigenvalue weighted by Crippen LogP contribution is 2.26. The Balaban J connectivity index is 2.14. The molecule has 0 amide bonds. The second kappa shape index (κ2) is 4.21. The van der Waals surface area contributed by atoms with E-state index in [4.69, 9.17) is 4.74 Å². The van der Waals surface area contributed by atoms with Gasteiger partial charge in [0.05, 0.1) is 6.20 Å². The minimum Gasteiger partial charge on any atom is -0.358 e. The number of nitrogens with zero attached hydrogens (tertiary/aromatic N) is 4. The summed E-state index contributed by atoms with van der Waals surface area (Å²) >= 11 is 0. The molecule has 88 valence electrons. The molecule has 6 heteroatoms. The summed E-state index contributed by atoms with van der Waals surface area (Å²) < 4.78 is 7.44. The van der Waals surface area contributed by atoms with Crippen molar-refractivity contribution in [2.75, 3.05) is 6.61 Å². The maximum absolute atomic E-state index is 11.1. The first kappa shape index (κ1) is 10.3. The van der Waals surface area contributed by atoms with Gasteiger partial charge in [-0.15, -0.1) is 0 Å². The number of aldehydes is 1. The van der Waals surface area contributed by atoms with E-state index < -0.39 is 0 Å². The maximum atomic E-state index is 11.1. The van der Waals surface area contributed by atoms with Crippen molar-refractivity contribution in [2.24, 2.45) is 0 Å². The molecule has 6 nitrogen and oxygen atoms in total. The van der Waals surface area contributed by atoms with E-state index in [1.807, 2.05) is 0 Å². The van der Waals surface area contributed by atoms with E-state index in [1.54, 1.807) is 10.8 Å². The van der Waals surface area contributed by atoms with Crippen LogP contribution in [0, 0.1) is 0 Å². The highest BCUT2D eigenvalue weighted by molar-refractivity contribution is 5.80. The third-order valence-corrected chi connectivity index (χ3v) is 2.93. The van der Waals surface area contributed by atoms with Gasteiger partial charge >= 0.3 is 0 Å². The number of ether oxygens (including phenoxy) is 1. The fourth-order valence-corrected chi connectivity index (χ4v) is 2.16. The Morgan fingerprint density at radius 2 is 2.41 bits per heavy atom. The molecule has 1 saturated heterocycles. The van der Waals surface area contributed by atoms with Gasteiger partial charge in [0.1, 0.15) is 18.1 Å². The van der Waals surface area contributed by atoms with Crippen LogP contribution in [-0.4, -0.2) is 32.4 Å². The number of aromatic nitrogens is 4. The smallest absolute Gasteiger partial charge is 0.185 e. The van der Waals surface area contributed by atoms with Gasteiger partial charge in [-0.2, -0.15) is 0 Å². The number of hydrogen-bond donors (Lipinski definition) is 0. The van der Waals surface area contributed by atoms with Gasteiger partial charge in [0.2, 0.25) is 0 Å². The van der Waals surface area contributed by atoms with Crippen molar-refractivity contribution in [3.05, 3.63) is 18.3 Å². The third-order valence-electron chi connectivity index (χ3n) is 2.93. The monoisotopic (exact) mass is 232 g/mol. The largest absolute Gasteiger partial charge is 0.358 e. The number of rotatable bonds is 2. The van der Waals surface area contributed by atoms with E-state index in [0.29, 0.717) is 23.6 Å². The first-order valence-corrected chi connectivity index (χ1v) is 5.65. The Morgan fingerprint density at radius 3 is 3.18 bits per heavy atom. The molecule has 3 rings (SSSR count). The average molecular weight is 232 g/mol. The van der Waals surface area contributed by atoms with Crippen molar-refractivity contribution in [2.45, 2.75) is 25.5 Å². The van der Waals surface area contributed by atoms with E-state index in [2.05, 4.69) is 15.0 Å². The van der Waals surface area contributed by atoms with E-state index >= 15 is 0 Å². The molecule has 0 radical (unpaired) electrons. The number of imidazole rings is 1. The van der Waals surface area contributed by atoms with Crippen LogP contribution in [0.5, 0.6) is 0 Å². The normalized spacial score (nSPS) is 20.6. The summed E-state index contributed by atoms with van der Waals surface area (Å²) in [4.78, 5) is 23.3. The van der Waals surface area contributed by atoms with Crippen molar-refractivity contribution < 1.29 is 9.53 Å². The van der Waals surface area contributed by atoms with Crippen LogP contribution in [0.2, 0.25) is 0 Å². The van der Waals surface area contributed by atoms with Gasteiger partial charge in [0.15, 0.2) is 17.8 Å². The van der Waals surface area contributed by atoms with Crippen molar-refractivity contribution in [3.63, 3.8) is 0 Å². The van der Waals surface area contributed by atoms with E-state index in [1.165, 1.54) is 6.33 Å². The zero-order valence-corrected chi connectivity index (χ0v) is 9.24. The quantitative estimate of drug-likeness (QED) is 0.731. The lowest BCUT2D eigenvalue weighted by atomic mass is 10.2. The predicted octanol–water partition coefficient (Wildman–Crippen LogP) is 1.34. The van der Waals surface area contributed by atoms with Crippen LogP contribution in [0.1, 0.15) is 36.1 Å². The Kier molecular flexibility index (Phi) is 2.56. The van der Waals surface area contributed by atoms with Gasteiger partial charge in [-0.05, 0) is 19.3 Å². The lowest BCUT2D eigenvalue weighted by Crippen LogP contribution is -2.20. The molecule has 2 aromatic rings.